The molecule has 1 heterocycles. The number of amides is 1. The average molecular weight is 332 g/mol. The van der Waals surface area contributed by atoms with Crippen LogP contribution in [-0.2, 0) is 21.1 Å². The molecule has 0 unspecified atom stereocenters. The minimum absolute atomic E-state index is 0.0480. The highest BCUT2D eigenvalue weighted by atomic mass is 32.2. The Hall–Kier alpha value is -1.54. The van der Waals surface area contributed by atoms with Gasteiger partial charge in [-0.1, -0.05) is 12.1 Å². The molecule has 0 atom stereocenters. The second-order valence-electron chi connectivity index (χ2n) is 5.11. The van der Waals surface area contributed by atoms with Crippen LogP contribution in [0.25, 0.3) is 0 Å². The summed E-state index contributed by atoms with van der Waals surface area (Å²) in [5.41, 5.74) is 0.607. The predicted octanol–water partition coefficient (Wildman–Crippen LogP) is 1.05. The van der Waals surface area contributed by atoms with Crippen LogP contribution in [0.15, 0.2) is 29.2 Å². The average Bonchev–Trinajstić information content (AvgIpc) is 2.76. The molecule has 5 nitrogen and oxygen atoms in total. The van der Waals surface area contributed by atoms with Crippen LogP contribution in [0.1, 0.15) is 12.0 Å². The molecule has 0 saturated carbocycles. The van der Waals surface area contributed by atoms with E-state index in [9.17, 15) is 22.0 Å². The highest BCUT2D eigenvalue weighted by Crippen LogP contribution is 2.19. The lowest BCUT2D eigenvalue weighted by Gasteiger charge is -2.20. The van der Waals surface area contributed by atoms with Crippen LogP contribution < -0.4 is 5.32 Å². The van der Waals surface area contributed by atoms with Gasteiger partial charge in [0, 0.05) is 19.6 Å². The van der Waals surface area contributed by atoms with Crippen LogP contribution >= 0.6 is 0 Å². The van der Waals surface area contributed by atoms with Gasteiger partial charge in [-0.25, -0.2) is 8.42 Å². The topological polar surface area (TPSA) is 66.5 Å². The van der Waals surface area contributed by atoms with Crippen molar-refractivity contribution in [3.05, 3.63) is 29.8 Å². The fourth-order valence-electron chi connectivity index (χ4n) is 2.28. The standard InChI is InChI=1S/C14H18F2N2O3S/c15-14(16)22(20,21)12-4-2-11(3-5-12)10-13(19)18-8-1-6-17-7-9-18/h2-5,14,17H,1,6-10H2. The molecule has 0 aliphatic carbocycles. The number of alkyl halides is 2. The van der Waals surface area contributed by atoms with Crippen molar-refractivity contribution < 1.29 is 22.0 Å². The molecule has 8 heteroatoms. The maximum absolute atomic E-state index is 12.4. The molecule has 1 aliphatic rings. The van der Waals surface area contributed by atoms with Crippen LogP contribution in [0.4, 0.5) is 8.78 Å². The minimum atomic E-state index is -4.58. The number of carbonyl (C=O) groups excluding carboxylic acids is 1. The first kappa shape index (κ1) is 16.8. The lowest BCUT2D eigenvalue weighted by molar-refractivity contribution is -0.130. The zero-order chi connectivity index (χ0) is 16.2. The molecule has 2 rings (SSSR count). The molecule has 1 aliphatic heterocycles. The monoisotopic (exact) mass is 332 g/mol. The number of nitrogens with one attached hydrogen (secondary N) is 1. The first-order chi connectivity index (χ1) is 10.4. The molecular weight excluding hydrogens is 314 g/mol. The Morgan fingerprint density at radius 1 is 1.18 bits per heavy atom. The summed E-state index contributed by atoms with van der Waals surface area (Å²) in [6.07, 6.45) is 1.02. The Balaban J connectivity index is 2.03. The van der Waals surface area contributed by atoms with Crippen molar-refractivity contribution in [1.29, 1.82) is 0 Å². The molecular formula is C14H18F2N2O3S. The third kappa shape index (κ3) is 4.01. The van der Waals surface area contributed by atoms with E-state index in [2.05, 4.69) is 5.32 Å². The number of nitrogens with zero attached hydrogens (tertiary/aromatic N) is 1. The van der Waals surface area contributed by atoms with E-state index >= 15 is 0 Å². The number of sulfone groups is 1. The number of carbonyl (C=O) groups is 1. The van der Waals surface area contributed by atoms with E-state index in [-0.39, 0.29) is 12.3 Å². The zero-order valence-electron chi connectivity index (χ0n) is 12.0. The van der Waals surface area contributed by atoms with Crippen molar-refractivity contribution in [2.24, 2.45) is 0 Å². The third-order valence-electron chi connectivity index (χ3n) is 3.53. The van der Waals surface area contributed by atoms with Crippen LogP contribution in [-0.4, -0.2) is 51.2 Å². The van der Waals surface area contributed by atoms with Crippen molar-refractivity contribution in [3.8, 4) is 0 Å². The smallest absolute Gasteiger partial charge is 0.341 e. The fourth-order valence-corrected chi connectivity index (χ4v) is 3.00. The van der Waals surface area contributed by atoms with Gasteiger partial charge in [0.2, 0.25) is 15.7 Å². The lowest BCUT2D eigenvalue weighted by Crippen LogP contribution is -2.35. The molecule has 0 bridgehead atoms. The number of hydrogen-bond acceptors (Lipinski definition) is 4. The van der Waals surface area contributed by atoms with Crippen molar-refractivity contribution in [2.75, 3.05) is 26.2 Å². The molecule has 22 heavy (non-hydrogen) atoms. The van der Waals surface area contributed by atoms with Crippen LogP contribution in [0.2, 0.25) is 0 Å². The number of rotatable bonds is 4. The zero-order valence-corrected chi connectivity index (χ0v) is 12.8. The molecule has 1 amide bonds. The fraction of sp³-hybridized carbons (Fsp3) is 0.500. The molecule has 1 saturated heterocycles. The maximum Gasteiger partial charge on any atom is 0.341 e. The molecule has 1 aromatic carbocycles. The number of hydrogen-bond donors (Lipinski definition) is 1. The normalized spacial score (nSPS) is 16.6. The summed E-state index contributed by atoms with van der Waals surface area (Å²) in [7, 11) is -4.58. The third-order valence-corrected chi connectivity index (χ3v) is 4.93. The second kappa shape index (κ2) is 7.15. The largest absolute Gasteiger partial charge is 0.341 e. The van der Waals surface area contributed by atoms with E-state index in [0.29, 0.717) is 18.7 Å². The Morgan fingerprint density at radius 3 is 2.50 bits per heavy atom. The summed E-state index contributed by atoms with van der Waals surface area (Å²) in [6.45, 7) is 2.95. The lowest BCUT2D eigenvalue weighted by atomic mass is 10.1. The van der Waals surface area contributed by atoms with Crippen LogP contribution in [0.3, 0.4) is 0 Å². The Labute approximate surface area is 128 Å². The van der Waals surface area contributed by atoms with E-state index < -0.39 is 20.5 Å². The van der Waals surface area contributed by atoms with Gasteiger partial charge in [0.05, 0.1) is 11.3 Å². The highest BCUT2D eigenvalue weighted by Gasteiger charge is 2.26. The highest BCUT2D eigenvalue weighted by molar-refractivity contribution is 7.91. The van der Waals surface area contributed by atoms with Gasteiger partial charge in [-0.3, -0.25) is 4.79 Å². The number of benzene rings is 1. The first-order valence-electron chi connectivity index (χ1n) is 7.01. The van der Waals surface area contributed by atoms with Gasteiger partial charge in [-0.2, -0.15) is 8.78 Å². The summed E-state index contributed by atoms with van der Waals surface area (Å²) < 4.78 is 47.5. The van der Waals surface area contributed by atoms with E-state index in [1.54, 1.807) is 4.90 Å². The van der Waals surface area contributed by atoms with Crippen molar-refractivity contribution >= 4 is 15.7 Å². The molecule has 1 aromatic rings. The van der Waals surface area contributed by atoms with Crippen molar-refractivity contribution in [3.63, 3.8) is 0 Å². The molecule has 0 radical (unpaired) electrons. The molecule has 1 fully saturated rings. The minimum Gasteiger partial charge on any atom is -0.341 e. The van der Waals surface area contributed by atoms with Gasteiger partial charge in [0.1, 0.15) is 0 Å². The maximum atomic E-state index is 12.4. The summed E-state index contributed by atoms with van der Waals surface area (Å²) in [5.74, 6) is -3.49. The van der Waals surface area contributed by atoms with Crippen molar-refractivity contribution in [2.45, 2.75) is 23.5 Å². The van der Waals surface area contributed by atoms with Gasteiger partial charge < -0.3 is 10.2 Å². The van der Waals surface area contributed by atoms with Gasteiger partial charge >= 0.3 is 5.76 Å². The summed E-state index contributed by atoms with van der Waals surface area (Å²) in [6, 6.07) is 5.05. The Kier molecular flexibility index (Phi) is 5.47. The van der Waals surface area contributed by atoms with E-state index in [1.807, 2.05) is 0 Å². The summed E-state index contributed by atoms with van der Waals surface area (Å²) >= 11 is 0. The van der Waals surface area contributed by atoms with Crippen LogP contribution in [0, 0.1) is 0 Å². The molecule has 122 valence electrons. The van der Waals surface area contributed by atoms with E-state index in [0.717, 1.165) is 31.6 Å². The predicted molar refractivity (Wildman–Crippen MR) is 77.4 cm³/mol. The molecule has 0 spiro atoms. The number of halogens is 2. The molecule has 1 N–H and O–H groups in total. The van der Waals surface area contributed by atoms with Crippen molar-refractivity contribution in [1.82, 2.24) is 10.2 Å². The second-order valence-corrected chi connectivity index (χ2v) is 7.03. The quantitative estimate of drug-likeness (QED) is 0.895. The van der Waals surface area contributed by atoms with E-state index in [4.69, 9.17) is 0 Å². The summed E-state index contributed by atoms with van der Waals surface area (Å²) in [5, 5.41) is 3.20. The molecule has 0 aromatic heterocycles. The van der Waals surface area contributed by atoms with Gasteiger partial charge in [0.25, 0.3) is 0 Å². The Morgan fingerprint density at radius 2 is 1.86 bits per heavy atom. The Bertz CT molecular complexity index is 609. The SMILES string of the molecule is O=C(Cc1ccc(S(=O)(=O)C(F)F)cc1)N1CCCNCC1. The van der Waals surface area contributed by atoms with E-state index in [1.165, 1.54) is 12.1 Å². The summed E-state index contributed by atoms with van der Waals surface area (Å²) in [4.78, 5) is 13.5. The first-order valence-corrected chi connectivity index (χ1v) is 8.55. The van der Waals surface area contributed by atoms with Gasteiger partial charge in [-0.05, 0) is 30.7 Å². The van der Waals surface area contributed by atoms with Gasteiger partial charge in [0.15, 0.2) is 0 Å². The van der Waals surface area contributed by atoms with Gasteiger partial charge in [-0.15, -0.1) is 0 Å². The van der Waals surface area contributed by atoms with Crippen LogP contribution in [0.5, 0.6) is 0 Å².